The molecule has 0 radical (unpaired) electrons. The molecule has 5 nitrogen and oxygen atoms in total. The number of fused-ring (bicyclic) bond motifs is 1. The normalized spacial score (nSPS) is 15.6. The lowest BCUT2D eigenvalue weighted by molar-refractivity contribution is -0.121. The van der Waals surface area contributed by atoms with Crippen LogP contribution in [0.2, 0.25) is 0 Å². The van der Waals surface area contributed by atoms with Gasteiger partial charge in [-0.3, -0.25) is 4.79 Å². The topological polar surface area (TPSA) is 64.8 Å². The van der Waals surface area contributed by atoms with Crippen molar-refractivity contribution in [3.05, 3.63) is 35.9 Å². The fraction of sp³-hybridized carbons (Fsp3) is 0.400. The number of carbonyl (C=O) groups is 1. The summed E-state index contributed by atoms with van der Waals surface area (Å²) in [5.74, 6) is 0.622. The standard InChI is InChI=1S/C15H20N2O3/c1-10(2)7-17-13-6-11(12(16)8-19-3)4-5-14(13)20-9-15(17)18/h4-6,12H,1,7-9,16H2,2-3H3. The maximum Gasteiger partial charge on any atom is 0.265 e. The van der Waals surface area contributed by atoms with Crippen LogP contribution < -0.4 is 15.4 Å². The molecular weight excluding hydrogens is 256 g/mol. The minimum atomic E-state index is -0.228. The number of benzene rings is 1. The predicted octanol–water partition coefficient (Wildman–Crippen LogP) is 1.63. The van der Waals surface area contributed by atoms with Gasteiger partial charge in [0.2, 0.25) is 0 Å². The molecular formula is C15H20N2O3. The molecule has 0 aromatic heterocycles. The third kappa shape index (κ3) is 3.00. The summed E-state index contributed by atoms with van der Waals surface area (Å²) in [5.41, 5.74) is 8.60. The lowest BCUT2D eigenvalue weighted by Crippen LogP contribution is -2.39. The zero-order valence-electron chi connectivity index (χ0n) is 11.9. The van der Waals surface area contributed by atoms with Crippen molar-refractivity contribution in [2.45, 2.75) is 13.0 Å². The highest BCUT2D eigenvalue weighted by Crippen LogP contribution is 2.34. The second kappa shape index (κ2) is 6.07. The maximum absolute atomic E-state index is 12.0. The zero-order chi connectivity index (χ0) is 14.7. The van der Waals surface area contributed by atoms with Gasteiger partial charge >= 0.3 is 0 Å². The SMILES string of the molecule is C=C(C)CN1C(=O)COc2ccc(C(N)COC)cc21. The molecule has 5 heteroatoms. The summed E-state index contributed by atoms with van der Waals surface area (Å²) < 4.78 is 10.5. The number of nitrogens with two attached hydrogens (primary N) is 1. The van der Waals surface area contributed by atoms with E-state index in [1.54, 1.807) is 12.0 Å². The Balaban J connectivity index is 2.35. The molecule has 0 aliphatic carbocycles. The first-order valence-electron chi connectivity index (χ1n) is 6.49. The van der Waals surface area contributed by atoms with E-state index in [-0.39, 0.29) is 18.6 Å². The predicted molar refractivity (Wildman–Crippen MR) is 77.9 cm³/mol. The van der Waals surface area contributed by atoms with Gasteiger partial charge in [-0.05, 0) is 24.6 Å². The molecule has 0 fully saturated rings. The van der Waals surface area contributed by atoms with Crippen LogP contribution in [0.1, 0.15) is 18.5 Å². The van der Waals surface area contributed by atoms with Gasteiger partial charge in [0.25, 0.3) is 5.91 Å². The molecule has 2 N–H and O–H groups in total. The summed E-state index contributed by atoms with van der Waals surface area (Å²) in [5, 5.41) is 0. The van der Waals surface area contributed by atoms with Crippen molar-refractivity contribution in [2.24, 2.45) is 5.73 Å². The summed E-state index contributed by atoms with van der Waals surface area (Å²) in [6.45, 7) is 6.72. The van der Waals surface area contributed by atoms with E-state index in [0.717, 1.165) is 16.8 Å². The third-order valence-corrected chi connectivity index (χ3v) is 3.13. The molecule has 2 rings (SSSR count). The number of hydrogen-bond acceptors (Lipinski definition) is 4. The van der Waals surface area contributed by atoms with E-state index in [1.165, 1.54) is 0 Å². The summed E-state index contributed by atoms with van der Waals surface area (Å²) in [6, 6.07) is 5.41. The first-order valence-corrected chi connectivity index (χ1v) is 6.49. The van der Waals surface area contributed by atoms with Gasteiger partial charge in [0.1, 0.15) is 5.75 Å². The van der Waals surface area contributed by atoms with Crippen LogP contribution in [0, 0.1) is 0 Å². The molecule has 108 valence electrons. The number of rotatable bonds is 5. The highest BCUT2D eigenvalue weighted by molar-refractivity contribution is 5.98. The minimum absolute atomic E-state index is 0.0593. The van der Waals surface area contributed by atoms with E-state index < -0.39 is 0 Å². The number of carbonyl (C=O) groups excluding carboxylic acids is 1. The average molecular weight is 276 g/mol. The highest BCUT2D eigenvalue weighted by Gasteiger charge is 2.26. The van der Waals surface area contributed by atoms with Gasteiger partial charge in [0.05, 0.1) is 18.3 Å². The van der Waals surface area contributed by atoms with Crippen LogP contribution in [0.25, 0.3) is 0 Å². The Morgan fingerprint density at radius 1 is 1.60 bits per heavy atom. The second-order valence-corrected chi connectivity index (χ2v) is 5.01. The largest absolute Gasteiger partial charge is 0.482 e. The summed E-state index contributed by atoms with van der Waals surface area (Å²) in [6.07, 6.45) is 0. The Hall–Kier alpha value is -1.85. The number of ether oxygens (including phenoxy) is 2. The van der Waals surface area contributed by atoms with Gasteiger partial charge in [0.15, 0.2) is 6.61 Å². The summed E-state index contributed by atoms with van der Waals surface area (Å²) >= 11 is 0. The van der Waals surface area contributed by atoms with Crippen LogP contribution in [0.5, 0.6) is 5.75 Å². The maximum atomic E-state index is 12.0. The quantitative estimate of drug-likeness (QED) is 0.830. The number of nitrogens with zero attached hydrogens (tertiary/aromatic N) is 1. The van der Waals surface area contributed by atoms with Crippen LogP contribution >= 0.6 is 0 Å². The number of hydrogen-bond donors (Lipinski definition) is 1. The van der Waals surface area contributed by atoms with Crippen LogP contribution in [0.3, 0.4) is 0 Å². The van der Waals surface area contributed by atoms with E-state index in [9.17, 15) is 4.79 Å². The zero-order valence-corrected chi connectivity index (χ0v) is 11.9. The van der Waals surface area contributed by atoms with Gasteiger partial charge in [0, 0.05) is 13.7 Å². The van der Waals surface area contributed by atoms with Crippen molar-refractivity contribution in [1.82, 2.24) is 0 Å². The molecule has 20 heavy (non-hydrogen) atoms. The van der Waals surface area contributed by atoms with E-state index in [0.29, 0.717) is 18.9 Å². The molecule has 0 saturated carbocycles. The first-order chi connectivity index (χ1) is 9.52. The lowest BCUT2D eigenvalue weighted by atomic mass is 10.1. The summed E-state index contributed by atoms with van der Waals surface area (Å²) in [7, 11) is 1.61. The van der Waals surface area contributed by atoms with Gasteiger partial charge < -0.3 is 20.1 Å². The molecule has 0 spiro atoms. The van der Waals surface area contributed by atoms with Crippen LogP contribution in [-0.4, -0.2) is 32.8 Å². The van der Waals surface area contributed by atoms with Crippen LogP contribution in [-0.2, 0) is 9.53 Å². The molecule has 1 atom stereocenters. The van der Waals surface area contributed by atoms with Crippen molar-refractivity contribution in [3.8, 4) is 5.75 Å². The number of anilines is 1. The lowest BCUT2D eigenvalue weighted by Gasteiger charge is -2.30. The molecule has 1 aromatic rings. The van der Waals surface area contributed by atoms with E-state index in [4.69, 9.17) is 15.2 Å². The Kier molecular flexibility index (Phi) is 4.42. The van der Waals surface area contributed by atoms with E-state index in [1.807, 2.05) is 25.1 Å². The van der Waals surface area contributed by atoms with Gasteiger partial charge in [-0.1, -0.05) is 18.2 Å². The number of methoxy groups -OCH3 is 1. The van der Waals surface area contributed by atoms with Gasteiger partial charge in [-0.15, -0.1) is 0 Å². The van der Waals surface area contributed by atoms with Crippen molar-refractivity contribution in [1.29, 1.82) is 0 Å². The molecule has 1 unspecified atom stereocenters. The molecule has 1 aliphatic rings. The fourth-order valence-corrected chi connectivity index (χ4v) is 2.17. The highest BCUT2D eigenvalue weighted by atomic mass is 16.5. The molecule has 1 heterocycles. The molecule has 0 bridgehead atoms. The third-order valence-electron chi connectivity index (χ3n) is 3.13. The summed E-state index contributed by atoms with van der Waals surface area (Å²) in [4.78, 5) is 13.7. The monoisotopic (exact) mass is 276 g/mol. The van der Waals surface area contributed by atoms with Crippen molar-refractivity contribution >= 4 is 11.6 Å². The Bertz CT molecular complexity index is 528. The van der Waals surface area contributed by atoms with Crippen molar-refractivity contribution in [3.63, 3.8) is 0 Å². The Morgan fingerprint density at radius 3 is 3.00 bits per heavy atom. The molecule has 0 saturated heterocycles. The minimum Gasteiger partial charge on any atom is -0.482 e. The molecule has 1 aliphatic heterocycles. The van der Waals surface area contributed by atoms with Gasteiger partial charge in [-0.25, -0.2) is 0 Å². The average Bonchev–Trinajstić information content (AvgIpc) is 2.41. The smallest absolute Gasteiger partial charge is 0.265 e. The van der Waals surface area contributed by atoms with Crippen molar-refractivity contribution in [2.75, 3.05) is 31.8 Å². The first kappa shape index (κ1) is 14.6. The Labute approximate surface area is 119 Å². The van der Waals surface area contributed by atoms with Crippen LogP contribution in [0.15, 0.2) is 30.4 Å². The van der Waals surface area contributed by atoms with Gasteiger partial charge in [-0.2, -0.15) is 0 Å². The van der Waals surface area contributed by atoms with E-state index >= 15 is 0 Å². The molecule has 1 amide bonds. The fourth-order valence-electron chi connectivity index (χ4n) is 2.17. The second-order valence-electron chi connectivity index (χ2n) is 5.01. The van der Waals surface area contributed by atoms with Crippen LogP contribution in [0.4, 0.5) is 5.69 Å². The Morgan fingerprint density at radius 2 is 2.35 bits per heavy atom. The van der Waals surface area contributed by atoms with E-state index in [2.05, 4.69) is 6.58 Å². The number of amides is 1. The van der Waals surface area contributed by atoms with Crippen molar-refractivity contribution < 1.29 is 14.3 Å². The molecule has 1 aromatic carbocycles.